The van der Waals surface area contributed by atoms with E-state index in [1.807, 2.05) is 6.92 Å². The lowest BCUT2D eigenvalue weighted by atomic mass is 10.1. The summed E-state index contributed by atoms with van der Waals surface area (Å²) in [7, 11) is 0. The van der Waals surface area contributed by atoms with Crippen LogP contribution in [0.2, 0.25) is 0 Å². The van der Waals surface area contributed by atoms with Gasteiger partial charge < -0.3 is 9.73 Å². The SMILES string of the molecule is Cc1ccc(F)c(C(=O)NC(C)c2ccco2)c1. The number of rotatable bonds is 3. The molecule has 0 fully saturated rings. The van der Waals surface area contributed by atoms with Crippen molar-refractivity contribution in [3.05, 3.63) is 59.3 Å². The Morgan fingerprint density at radius 1 is 1.39 bits per heavy atom. The number of carbonyl (C=O) groups is 1. The number of aryl methyl sites for hydroxylation is 1. The van der Waals surface area contributed by atoms with Crippen molar-refractivity contribution in [3.63, 3.8) is 0 Å². The molecule has 4 heteroatoms. The summed E-state index contributed by atoms with van der Waals surface area (Å²) in [6, 6.07) is 7.65. The molecule has 0 aliphatic rings. The fourth-order valence-electron chi connectivity index (χ4n) is 1.70. The van der Waals surface area contributed by atoms with Gasteiger partial charge in [0.25, 0.3) is 5.91 Å². The Balaban J connectivity index is 2.15. The quantitative estimate of drug-likeness (QED) is 0.904. The van der Waals surface area contributed by atoms with Crippen molar-refractivity contribution in [2.45, 2.75) is 19.9 Å². The molecule has 1 atom stereocenters. The van der Waals surface area contributed by atoms with Crippen LogP contribution in [0.1, 0.15) is 34.6 Å². The first-order valence-electron chi connectivity index (χ1n) is 5.68. The summed E-state index contributed by atoms with van der Waals surface area (Å²) in [6.45, 7) is 3.59. The highest BCUT2D eigenvalue weighted by atomic mass is 19.1. The molecule has 3 nitrogen and oxygen atoms in total. The standard InChI is InChI=1S/C14H14FNO2/c1-9-5-6-12(15)11(8-9)14(17)16-10(2)13-4-3-7-18-13/h3-8,10H,1-2H3,(H,16,17). The van der Waals surface area contributed by atoms with E-state index in [-0.39, 0.29) is 11.6 Å². The Hall–Kier alpha value is -2.10. The van der Waals surface area contributed by atoms with Crippen molar-refractivity contribution >= 4 is 5.91 Å². The molecule has 0 aliphatic heterocycles. The van der Waals surface area contributed by atoms with Gasteiger partial charge in [-0.3, -0.25) is 4.79 Å². The minimum absolute atomic E-state index is 0.0495. The fourth-order valence-corrected chi connectivity index (χ4v) is 1.70. The first-order valence-corrected chi connectivity index (χ1v) is 5.68. The molecular weight excluding hydrogens is 233 g/mol. The molecule has 0 bridgehead atoms. The largest absolute Gasteiger partial charge is 0.467 e. The van der Waals surface area contributed by atoms with Crippen molar-refractivity contribution in [3.8, 4) is 0 Å². The lowest BCUT2D eigenvalue weighted by molar-refractivity contribution is 0.0931. The molecule has 2 rings (SSSR count). The second-order valence-electron chi connectivity index (χ2n) is 4.19. The predicted octanol–water partition coefficient (Wildman–Crippen LogP) is 3.22. The first-order chi connectivity index (χ1) is 8.58. The summed E-state index contributed by atoms with van der Waals surface area (Å²) >= 11 is 0. The molecule has 0 aliphatic carbocycles. The summed E-state index contributed by atoms with van der Waals surface area (Å²) in [4.78, 5) is 11.9. The number of halogens is 1. The molecule has 1 amide bonds. The van der Waals surface area contributed by atoms with E-state index >= 15 is 0 Å². The summed E-state index contributed by atoms with van der Waals surface area (Å²) in [5, 5.41) is 2.69. The van der Waals surface area contributed by atoms with Gasteiger partial charge in [0.2, 0.25) is 0 Å². The van der Waals surface area contributed by atoms with Crippen LogP contribution in [0.5, 0.6) is 0 Å². The Bertz CT molecular complexity index is 549. The van der Waals surface area contributed by atoms with Gasteiger partial charge in [-0.1, -0.05) is 11.6 Å². The predicted molar refractivity (Wildman–Crippen MR) is 65.7 cm³/mol. The molecule has 94 valence electrons. The van der Waals surface area contributed by atoms with E-state index in [9.17, 15) is 9.18 Å². The van der Waals surface area contributed by atoms with Crippen molar-refractivity contribution in [1.82, 2.24) is 5.32 Å². The van der Waals surface area contributed by atoms with Crippen molar-refractivity contribution in [2.75, 3.05) is 0 Å². The van der Waals surface area contributed by atoms with Crippen LogP contribution in [0.25, 0.3) is 0 Å². The van der Waals surface area contributed by atoms with E-state index in [0.717, 1.165) is 5.56 Å². The van der Waals surface area contributed by atoms with Crippen LogP contribution in [0.4, 0.5) is 4.39 Å². The van der Waals surface area contributed by atoms with Crippen molar-refractivity contribution in [1.29, 1.82) is 0 Å². The molecule has 1 heterocycles. The Morgan fingerprint density at radius 2 is 2.17 bits per heavy atom. The molecule has 1 aromatic carbocycles. The highest BCUT2D eigenvalue weighted by Crippen LogP contribution is 2.15. The number of hydrogen-bond donors (Lipinski definition) is 1. The number of benzene rings is 1. The maximum atomic E-state index is 13.5. The maximum absolute atomic E-state index is 13.5. The van der Waals surface area contributed by atoms with Crippen molar-refractivity contribution < 1.29 is 13.6 Å². The highest BCUT2D eigenvalue weighted by Gasteiger charge is 2.16. The van der Waals surface area contributed by atoms with Crippen LogP contribution in [0.3, 0.4) is 0 Å². The number of nitrogens with one attached hydrogen (secondary N) is 1. The molecule has 1 aromatic heterocycles. The second kappa shape index (κ2) is 5.04. The van der Waals surface area contributed by atoms with Gasteiger partial charge in [-0.05, 0) is 38.1 Å². The number of hydrogen-bond acceptors (Lipinski definition) is 2. The van der Waals surface area contributed by atoms with Crippen LogP contribution in [0.15, 0.2) is 41.0 Å². The van der Waals surface area contributed by atoms with Gasteiger partial charge in [-0.25, -0.2) is 4.39 Å². The van der Waals surface area contributed by atoms with E-state index in [1.54, 1.807) is 25.1 Å². The highest BCUT2D eigenvalue weighted by molar-refractivity contribution is 5.94. The van der Waals surface area contributed by atoms with Gasteiger partial charge in [-0.2, -0.15) is 0 Å². The third-order valence-corrected chi connectivity index (χ3v) is 2.68. The van der Waals surface area contributed by atoms with E-state index < -0.39 is 11.7 Å². The first kappa shape index (κ1) is 12.4. The zero-order valence-electron chi connectivity index (χ0n) is 10.2. The van der Waals surface area contributed by atoms with Crippen LogP contribution in [-0.4, -0.2) is 5.91 Å². The van der Waals surface area contributed by atoms with Gasteiger partial charge in [-0.15, -0.1) is 0 Å². The van der Waals surface area contributed by atoms with Crippen LogP contribution in [0, 0.1) is 12.7 Å². The molecule has 1 unspecified atom stereocenters. The van der Waals surface area contributed by atoms with Gasteiger partial charge >= 0.3 is 0 Å². The van der Waals surface area contributed by atoms with E-state index in [1.165, 1.54) is 18.4 Å². The molecule has 0 radical (unpaired) electrons. The second-order valence-corrected chi connectivity index (χ2v) is 4.19. The lowest BCUT2D eigenvalue weighted by Crippen LogP contribution is -2.27. The smallest absolute Gasteiger partial charge is 0.254 e. The normalized spacial score (nSPS) is 12.2. The molecule has 18 heavy (non-hydrogen) atoms. The zero-order chi connectivity index (χ0) is 13.1. The summed E-state index contributed by atoms with van der Waals surface area (Å²) in [6.07, 6.45) is 1.53. The van der Waals surface area contributed by atoms with Gasteiger partial charge in [0, 0.05) is 0 Å². The molecule has 1 N–H and O–H groups in total. The third kappa shape index (κ3) is 2.59. The minimum Gasteiger partial charge on any atom is -0.467 e. The molecular formula is C14H14FNO2. The zero-order valence-corrected chi connectivity index (χ0v) is 10.2. The van der Waals surface area contributed by atoms with E-state index in [4.69, 9.17) is 4.42 Å². The minimum atomic E-state index is -0.523. The fraction of sp³-hybridized carbons (Fsp3) is 0.214. The molecule has 0 spiro atoms. The maximum Gasteiger partial charge on any atom is 0.254 e. The summed E-state index contributed by atoms with van der Waals surface area (Å²) < 4.78 is 18.7. The Labute approximate surface area is 105 Å². The van der Waals surface area contributed by atoms with E-state index in [2.05, 4.69) is 5.32 Å². The number of carbonyl (C=O) groups excluding carboxylic acids is 1. The van der Waals surface area contributed by atoms with Gasteiger partial charge in [0.05, 0.1) is 17.9 Å². The average Bonchev–Trinajstić information content (AvgIpc) is 2.85. The van der Waals surface area contributed by atoms with Crippen LogP contribution < -0.4 is 5.32 Å². The van der Waals surface area contributed by atoms with Crippen LogP contribution >= 0.6 is 0 Å². The number of furan rings is 1. The summed E-state index contributed by atoms with van der Waals surface area (Å²) in [5.41, 5.74) is 0.889. The van der Waals surface area contributed by atoms with Gasteiger partial charge in [0.15, 0.2) is 0 Å². The average molecular weight is 247 g/mol. The Kier molecular flexibility index (Phi) is 3.46. The molecule has 2 aromatic rings. The summed E-state index contributed by atoms with van der Waals surface area (Å²) in [5.74, 6) is -0.332. The topological polar surface area (TPSA) is 42.2 Å². The third-order valence-electron chi connectivity index (χ3n) is 2.68. The lowest BCUT2D eigenvalue weighted by Gasteiger charge is -2.12. The Morgan fingerprint density at radius 3 is 2.83 bits per heavy atom. The van der Waals surface area contributed by atoms with Crippen molar-refractivity contribution in [2.24, 2.45) is 0 Å². The molecule has 0 saturated carbocycles. The molecule has 0 saturated heterocycles. The monoisotopic (exact) mass is 247 g/mol. The number of amides is 1. The van der Waals surface area contributed by atoms with Gasteiger partial charge in [0.1, 0.15) is 11.6 Å². The van der Waals surface area contributed by atoms with E-state index in [0.29, 0.717) is 5.76 Å². The van der Waals surface area contributed by atoms with Crippen LogP contribution in [-0.2, 0) is 0 Å².